The van der Waals surface area contributed by atoms with E-state index in [9.17, 15) is 4.79 Å². The molecule has 3 rings (SSSR count). The van der Waals surface area contributed by atoms with E-state index in [0.29, 0.717) is 5.57 Å². The number of carbonyl (C=O) groups is 1. The maximum absolute atomic E-state index is 12.2. The van der Waals surface area contributed by atoms with Crippen molar-refractivity contribution in [3.63, 3.8) is 0 Å². The normalized spacial score (nSPS) is 20.8. The molecule has 0 aliphatic heterocycles. The second-order valence-electron chi connectivity index (χ2n) is 8.00. The maximum atomic E-state index is 12.2. The largest absolute Gasteiger partial charge is 0.451 e. The smallest absolute Gasteiger partial charge is 0.333 e. The number of carbonyl (C=O) groups excluding carboxylic acids is 1. The highest BCUT2D eigenvalue weighted by atomic mass is 16.6. The zero-order chi connectivity index (χ0) is 18.2. The Labute approximate surface area is 150 Å². The van der Waals surface area contributed by atoms with E-state index in [1.807, 2.05) is 13.0 Å². The SMILES string of the molecule is C=C(C)C(=O)OC1(C)CC(C)(C)c2ccc(Cc3ccccc3)cc21. The fraction of sp³-hybridized carbons (Fsp3) is 0.348. The van der Waals surface area contributed by atoms with Crippen LogP contribution in [-0.4, -0.2) is 5.97 Å². The predicted octanol–water partition coefficient (Wildman–Crippen LogP) is 5.29. The third kappa shape index (κ3) is 3.39. The summed E-state index contributed by atoms with van der Waals surface area (Å²) < 4.78 is 5.89. The number of hydrogen-bond donors (Lipinski definition) is 0. The van der Waals surface area contributed by atoms with Crippen molar-refractivity contribution in [1.29, 1.82) is 0 Å². The molecule has 0 bridgehead atoms. The van der Waals surface area contributed by atoms with E-state index in [-0.39, 0.29) is 11.4 Å². The molecule has 0 heterocycles. The van der Waals surface area contributed by atoms with Gasteiger partial charge in [0.05, 0.1) is 0 Å². The van der Waals surface area contributed by atoms with Crippen molar-refractivity contribution in [1.82, 2.24) is 0 Å². The Balaban J connectivity index is 1.98. The summed E-state index contributed by atoms with van der Waals surface area (Å²) in [5.74, 6) is -0.320. The molecule has 0 N–H and O–H groups in total. The second kappa shape index (κ2) is 6.18. The van der Waals surface area contributed by atoms with E-state index in [1.54, 1.807) is 6.92 Å². The van der Waals surface area contributed by atoms with Crippen LogP contribution in [0, 0.1) is 0 Å². The van der Waals surface area contributed by atoms with Gasteiger partial charge in [0, 0.05) is 12.0 Å². The average molecular weight is 334 g/mol. The summed E-state index contributed by atoms with van der Waals surface area (Å²) in [6.07, 6.45) is 1.65. The van der Waals surface area contributed by atoms with Crippen LogP contribution < -0.4 is 0 Å². The van der Waals surface area contributed by atoms with Crippen molar-refractivity contribution < 1.29 is 9.53 Å². The number of ether oxygens (including phenoxy) is 1. The van der Waals surface area contributed by atoms with E-state index in [1.165, 1.54) is 16.7 Å². The lowest BCUT2D eigenvalue weighted by Crippen LogP contribution is -2.29. The fourth-order valence-corrected chi connectivity index (χ4v) is 3.98. The van der Waals surface area contributed by atoms with E-state index in [4.69, 9.17) is 4.74 Å². The van der Waals surface area contributed by atoms with Gasteiger partial charge in [0.1, 0.15) is 5.60 Å². The molecule has 1 unspecified atom stereocenters. The monoisotopic (exact) mass is 334 g/mol. The summed E-state index contributed by atoms with van der Waals surface area (Å²) >= 11 is 0. The van der Waals surface area contributed by atoms with Gasteiger partial charge in [0.15, 0.2) is 0 Å². The van der Waals surface area contributed by atoms with Gasteiger partial charge in [-0.3, -0.25) is 0 Å². The lowest BCUT2D eigenvalue weighted by atomic mass is 9.85. The number of hydrogen-bond acceptors (Lipinski definition) is 2. The number of esters is 1. The molecule has 0 amide bonds. The van der Waals surface area contributed by atoms with Crippen molar-refractivity contribution in [2.45, 2.75) is 51.6 Å². The number of rotatable bonds is 4. The minimum absolute atomic E-state index is 0.0231. The van der Waals surface area contributed by atoms with Crippen molar-refractivity contribution >= 4 is 5.97 Å². The van der Waals surface area contributed by atoms with Gasteiger partial charge in [0.2, 0.25) is 0 Å². The first kappa shape index (κ1) is 17.5. The maximum Gasteiger partial charge on any atom is 0.333 e. The summed E-state index contributed by atoms with van der Waals surface area (Å²) in [6.45, 7) is 11.9. The van der Waals surface area contributed by atoms with E-state index < -0.39 is 5.60 Å². The average Bonchev–Trinajstić information content (AvgIpc) is 2.74. The Bertz CT molecular complexity index is 817. The highest BCUT2D eigenvalue weighted by molar-refractivity contribution is 5.87. The molecule has 0 saturated heterocycles. The van der Waals surface area contributed by atoms with Crippen LogP contribution in [0.5, 0.6) is 0 Å². The molecule has 2 aromatic rings. The van der Waals surface area contributed by atoms with Gasteiger partial charge >= 0.3 is 5.97 Å². The van der Waals surface area contributed by atoms with Crippen LogP contribution in [-0.2, 0) is 27.0 Å². The first-order valence-corrected chi connectivity index (χ1v) is 8.78. The molecule has 130 valence electrons. The molecule has 25 heavy (non-hydrogen) atoms. The van der Waals surface area contributed by atoms with Gasteiger partial charge in [-0.1, -0.05) is 69.0 Å². The van der Waals surface area contributed by atoms with Crippen LogP contribution >= 0.6 is 0 Å². The van der Waals surface area contributed by atoms with E-state index in [2.05, 4.69) is 62.9 Å². The highest BCUT2D eigenvalue weighted by Crippen LogP contribution is 2.50. The molecular weight excluding hydrogens is 308 g/mol. The molecule has 2 heteroatoms. The Morgan fingerprint density at radius 2 is 1.72 bits per heavy atom. The zero-order valence-corrected chi connectivity index (χ0v) is 15.6. The molecule has 1 aliphatic carbocycles. The van der Waals surface area contributed by atoms with Crippen molar-refractivity contribution in [2.75, 3.05) is 0 Å². The molecule has 0 fully saturated rings. The Morgan fingerprint density at radius 3 is 2.36 bits per heavy atom. The third-order valence-electron chi connectivity index (χ3n) is 5.08. The molecule has 1 aliphatic rings. The minimum atomic E-state index is -0.610. The summed E-state index contributed by atoms with van der Waals surface area (Å²) in [4.78, 5) is 12.2. The molecule has 0 radical (unpaired) electrons. The van der Waals surface area contributed by atoms with Crippen LogP contribution in [0.1, 0.15) is 56.4 Å². The topological polar surface area (TPSA) is 26.3 Å². The van der Waals surface area contributed by atoms with Crippen LogP contribution in [0.2, 0.25) is 0 Å². The van der Waals surface area contributed by atoms with Crippen molar-refractivity contribution in [3.05, 3.63) is 82.9 Å². The standard InChI is InChI=1S/C23H26O2/c1-16(2)21(24)25-23(5)15-22(3,4)19-12-11-18(14-20(19)23)13-17-9-7-6-8-10-17/h6-12,14H,1,13,15H2,2-5H3. The lowest BCUT2D eigenvalue weighted by molar-refractivity contribution is -0.154. The van der Waals surface area contributed by atoms with Gasteiger partial charge < -0.3 is 4.74 Å². The summed E-state index contributed by atoms with van der Waals surface area (Å²) in [7, 11) is 0. The number of fused-ring (bicyclic) bond motifs is 1. The Morgan fingerprint density at radius 1 is 1.04 bits per heavy atom. The van der Waals surface area contributed by atoms with Gasteiger partial charge in [-0.2, -0.15) is 0 Å². The molecule has 2 aromatic carbocycles. The van der Waals surface area contributed by atoms with Crippen LogP contribution in [0.15, 0.2) is 60.7 Å². The third-order valence-corrected chi connectivity index (χ3v) is 5.08. The quantitative estimate of drug-likeness (QED) is 0.561. The Hall–Kier alpha value is -2.35. The van der Waals surface area contributed by atoms with Crippen molar-refractivity contribution in [2.24, 2.45) is 0 Å². The minimum Gasteiger partial charge on any atom is -0.451 e. The first-order chi connectivity index (χ1) is 11.7. The van der Waals surface area contributed by atoms with Crippen LogP contribution in [0.25, 0.3) is 0 Å². The van der Waals surface area contributed by atoms with E-state index >= 15 is 0 Å². The lowest BCUT2D eigenvalue weighted by Gasteiger charge is -2.28. The zero-order valence-electron chi connectivity index (χ0n) is 15.6. The van der Waals surface area contributed by atoms with Gasteiger partial charge in [-0.15, -0.1) is 0 Å². The molecule has 1 atom stereocenters. The molecule has 0 aromatic heterocycles. The fourth-order valence-electron chi connectivity index (χ4n) is 3.98. The second-order valence-corrected chi connectivity index (χ2v) is 8.00. The highest BCUT2D eigenvalue weighted by Gasteiger charge is 2.47. The summed E-state index contributed by atoms with van der Waals surface area (Å²) in [5.41, 5.74) is 4.71. The van der Waals surface area contributed by atoms with Gasteiger partial charge in [-0.25, -0.2) is 4.79 Å². The van der Waals surface area contributed by atoms with Crippen molar-refractivity contribution in [3.8, 4) is 0 Å². The summed E-state index contributed by atoms with van der Waals surface area (Å²) in [5, 5.41) is 0. The molecular formula is C23H26O2. The van der Waals surface area contributed by atoms with E-state index in [0.717, 1.165) is 18.4 Å². The van der Waals surface area contributed by atoms with Gasteiger partial charge in [0.25, 0.3) is 0 Å². The molecule has 0 saturated carbocycles. The first-order valence-electron chi connectivity index (χ1n) is 8.78. The molecule has 0 spiro atoms. The predicted molar refractivity (Wildman–Crippen MR) is 102 cm³/mol. The van der Waals surface area contributed by atoms with Crippen LogP contribution in [0.4, 0.5) is 0 Å². The molecule has 2 nitrogen and oxygen atoms in total. The number of benzene rings is 2. The van der Waals surface area contributed by atoms with Crippen LogP contribution in [0.3, 0.4) is 0 Å². The Kier molecular flexibility index (Phi) is 4.32. The summed E-state index contributed by atoms with van der Waals surface area (Å²) in [6, 6.07) is 17.0. The van der Waals surface area contributed by atoms with Gasteiger partial charge in [-0.05, 0) is 47.9 Å².